The predicted molar refractivity (Wildman–Crippen MR) is 70.5 cm³/mol. The molecule has 3 N–H and O–H groups in total. The minimum absolute atomic E-state index is 0.557. The molecule has 0 aromatic rings. The van der Waals surface area contributed by atoms with Crippen LogP contribution in [0.2, 0.25) is 0 Å². The second-order valence-corrected chi connectivity index (χ2v) is 4.61. The molecule has 0 saturated heterocycles. The maximum Gasteiger partial charge on any atom is 0.188 e. The first-order valence-electron chi connectivity index (χ1n) is 6.47. The highest BCUT2D eigenvalue weighted by atomic mass is 15.1. The lowest BCUT2D eigenvalue weighted by Crippen LogP contribution is -2.32. The highest BCUT2D eigenvalue weighted by Crippen LogP contribution is 2.22. The van der Waals surface area contributed by atoms with Crippen molar-refractivity contribution < 1.29 is 0 Å². The molecule has 0 aromatic carbocycles. The van der Waals surface area contributed by atoms with Gasteiger partial charge in [0.15, 0.2) is 5.96 Å². The zero-order valence-corrected chi connectivity index (χ0v) is 10.3. The molecule has 0 unspecified atom stereocenters. The maximum atomic E-state index is 5.74. The van der Waals surface area contributed by atoms with Crippen molar-refractivity contribution in [2.24, 2.45) is 16.6 Å². The Kier molecular flexibility index (Phi) is 6.70. The highest BCUT2D eigenvalue weighted by molar-refractivity contribution is 5.77. The fraction of sp³-hybridized carbons (Fsp3) is 0.769. The van der Waals surface area contributed by atoms with Crippen molar-refractivity contribution in [3.05, 3.63) is 12.7 Å². The van der Waals surface area contributed by atoms with Crippen molar-refractivity contribution in [1.29, 1.82) is 0 Å². The molecular weight excluding hydrogens is 198 g/mol. The van der Waals surface area contributed by atoms with E-state index in [1.807, 2.05) is 0 Å². The predicted octanol–water partition coefficient (Wildman–Crippen LogP) is 2.44. The van der Waals surface area contributed by atoms with Crippen molar-refractivity contribution in [2.75, 3.05) is 13.1 Å². The van der Waals surface area contributed by atoms with Gasteiger partial charge in [0, 0.05) is 13.1 Å². The van der Waals surface area contributed by atoms with Crippen LogP contribution in [0.15, 0.2) is 17.6 Å². The summed E-state index contributed by atoms with van der Waals surface area (Å²) in [5.41, 5.74) is 5.74. The van der Waals surface area contributed by atoms with Gasteiger partial charge in [-0.3, -0.25) is 4.99 Å². The average Bonchev–Trinajstić information content (AvgIpc) is 2.25. The Morgan fingerprint density at radius 3 is 2.50 bits per heavy atom. The highest BCUT2D eigenvalue weighted by Gasteiger charge is 2.10. The van der Waals surface area contributed by atoms with Gasteiger partial charge < -0.3 is 11.1 Å². The lowest BCUT2D eigenvalue weighted by molar-refractivity contribution is 0.386. The quantitative estimate of drug-likeness (QED) is 0.437. The third kappa shape index (κ3) is 5.79. The molecule has 3 heteroatoms. The lowest BCUT2D eigenvalue weighted by Gasteiger charge is -2.17. The van der Waals surface area contributed by atoms with Crippen LogP contribution < -0.4 is 11.1 Å². The summed E-state index contributed by atoms with van der Waals surface area (Å²) in [6.45, 7) is 5.21. The first-order chi connectivity index (χ1) is 7.83. The van der Waals surface area contributed by atoms with Crippen LogP contribution >= 0.6 is 0 Å². The monoisotopic (exact) mass is 223 g/mol. The van der Waals surface area contributed by atoms with E-state index in [9.17, 15) is 0 Å². The minimum Gasteiger partial charge on any atom is -0.370 e. The zero-order valence-electron chi connectivity index (χ0n) is 10.3. The van der Waals surface area contributed by atoms with E-state index >= 15 is 0 Å². The number of hydrogen-bond acceptors (Lipinski definition) is 1. The van der Waals surface area contributed by atoms with Crippen molar-refractivity contribution in [3.63, 3.8) is 0 Å². The van der Waals surface area contributed by atoms with Crippen LogP contribution in [0.4, 0.5) is 0 Å². The summed E-state index contributed by atoms with van der Waals surface area (Å²) >= 11 is 0. The third-order valence-electron chi connectivity index (χ3n) is 3.17. The molecule has 1 aliphatic carbocycles. The fourth-order valence-electron chi connectivity index (χ4n) is 2.18. The average molecular weight is 223 g/mol. The van der Waals surface area contributed by atoms with Crippen LogP contribution in [0.1, 0.15) is 44.9 Å². The molecule has 1 aliphatic rings. The molecule has 92 valence electrons. The standard InChI is InChI=1S/C13H25N3/c1-2-10-15-13(14)16-11-12-8-6-4-3-5-7-9-12/h2,12H,1,3-11H2,(H3,14,15,16). The molecular formula is C13H25N3. The molecule has 0 spiro atoms. The van der Waals surface area contributed by atoms with Crippen molar-refractivity contribution in [2.45, 2.75) is 44.9 Å². The number of nitrogens with one attached hydrogen (secondary N) is 1. The Labute approximate surface area is 99.2 Å². The summed E-state index contributed by atoms with van der Waals surface area (Å²) < 4.78 is 0. The third-order valence-corrected chi connectivity index (χ3v) is 3.17. The summed E-state index contributed by atoms with van der Waals surface area (Å²) in [5.74, 6) is 1.30. The first kappa shape index (κ1) is 13.1. The van der Waals surface area contributed by atoms with Gasteiger partial charge in [-0.2, -0.15) is 0 Å². The zero-order chi connectivity index (χ0) is 11.6. The number of nitrogens with two attached hydrogens (primary N) is 1. The maximum absolute atomic E-state index is 5.74. The van der Waals surface area contributed by atoms with E-state index in [0.717, 1.165) is 12.5 Å². The molecule has 0 aromatic heterocycles. The Morgan fingerprint density at radius 1 is 1.25 bits per heavy atom. The van der Waals surface area contributed by atoms with Crippen LogP contribution in [0.25, 0.3) is 0 Å². The van der Waals surface area contributed by atoms with Crippen molar-refractivity contribution in [3.8, 4) is 0 Å². The Hall–Kier alpha value is -0.990. The largest absolute Gasteiger partial charge is 0.370 e. The van der Waals surface area contributed by atoms with E-state index in [1.165, 1.54) is 44.9 Å². The Bertz CT molecular complexity index is 215. The molecule has 1 rings (SSSR count). The van der Waals surface area contributed by atoms with Crippen molar-refractivity contribution >= 4 is 5.96 Å². The van der Waals surface area contributed by atoms with Crippen LogP contribution in [-0.2, 0) is 0 Å². The SMILES string of the molecule is C=CCNC(N)=NCC1CCCCCCC1. The van der Waals surface area contributed by atoms with E-state index in [2.05, 4.69) is 16.9 Å². The first-order valence-corrected chi connectivity index (χ1v) is 6.47. The second kappa shape index (κ2) is 8.20. The summed E-state index contributed by atoms with van der Waals surface area (Å²) in [6, 6.07) is 0. The van der Waals surface area contributed by atoms with Gasteiger partial charge in [-0.25, -0.2) is 0 Å². The van der Waals surface area contributed by atoms with Crippen LogP contribution in [-0.4, -0.2) is 19.0 Å². The number of rotatable bonds is 4. The molecule has 1 saturated carbocycles. The molecule has 0 amide bonds. The molecule has 1 fully saturated rings. The summed E-state index contributed by atoms with van der Waals surface area (Å²) in [6.07, 6.45) is 11.4. The van der Waals surface area contributed by atoms with E-state index in [-0.39, 0.29) is 0 Å². The normalized spacial score (nSPS) is 19.9. The van der Waals surface area contributed by atoms with Gasteiger partial charge in [-0.1, -0.05) is 38.2 Å². The van der Waals surface area contributed by atoms with Crippen LogP contribution in [0.5, 0.6) is 0 Å². The molecule has 0 heterocycles. The van der Waals surface area contributed by atoms with Crippen molar-refractivity contribution in [1.82, 2.24) is 5.32 Å². The number of hydrogen-bond donors (Lipinski definition) is 2. The van der Waals surface area contributed by atoms with Gasteiger partial charge in [0.25, 0.3) is 0 Å². The van der Waals surface area contributed by atoms with Crippen LogP contribution in [0.3, 0.4) is 0 Å². The Balaban J connectivity index is 2.25. The van der Waals surface area contributed by atoms with Gasteiger partial charge in [0.05, 0.1) is 0 Å². The lowest BCUT2D eigenvalue weighted by atomic mass is 9.91. The minimum atomic E-state index is 0.557. The molecule has 3 nitrogen and oxygen atoms in total. The van der Waals surface area contributed by atoms with Gasteiger partial charge >= 0.3 is 0 Å². The second-order valence-electron chi connectivity index (χ2n) is 4.61. The van der Waals surface area contributed by atoms with Gasteiger partial charge in [0.2, 0.25) is 0 Å². The van der Waals surface area contributed by atoms with E-state index < -0.39 is 0 Å². The van der Waals surface area contributed by atoms with E-state index in [4.69, 9.17) is 5.73 Å². The summed E-state index contributed by atoms with van der Waals surface area (Å²) in [4.78, 5) is 4.39. The van der Waals surface area contributed by atoms with Gasteiger partial charge in [-0.05, 0) is 18.8 Å². The van der Waals surface area contributed by atoms with E-state index in [0.29, 0.717) is 12.5 Å². The molecule has 0 bridgehead atoms. The number of guanidine groups is 1. The summed E-state index contributed by atoms with van der Waals surface area (Å²) in [7, 11) is 0. The topological polar surface area (TPSA) is 50.4 Å². The van der Waals surface area contributed by atoms with Gasteiger partial charge in [-0.15, -0.1) is 6.58 Å². The Morgan fingerprint density at radius 2 is 1.88 bits per heavy atom. The summed E-state index contributed by atoms with van der Waals surface area (Å²) in [5, 5.41) is 3.01. The fourth-order valence-corrected chi connectivity index (χ4v) is 2.18. The molecule has 16 heavy (non-hydrogen) atoms. The smallest absolute Gasteiger partial charge is 0.188 e. The number of aliphatic imine (C=N–C) groups is 1. The molecule has 0 radical (unpaired) electrons. The molecule has 0 atom stereocenters. The van der Waals surface area contributed by atoms with Gasteiger partial charge in [0.1, 0.15) is 0 Å². The molecule has 0 aliphatic heterocycles. The number of nitrogens with zero attached hydrogens (tertiary/aromatic N) is 1. The van der Waals surface area contributed by atoms with E-state index in [1.54, 1.807) is 6.08 Å². The van der Waals surface area contributed by atoms with Crippen LogP contribution in [0, 0.1) is 5.92 Å².